The Hall–Kier alpha value is -1.30. The van der Waals surface area contributed by atoms with Crippen LogP contribution in [0.3, 0.4) is 0 Å². The van der Waals surface area contributed by atoms with Gasteiger partial charge in [0.25, 0.3) is 0 Å². The van der Waals surface area contributed by atoms with E-state index in [1.54, 1.807) is 0 Å². The molecule has 0 aromatic rings. The summed E-state index contributed by atoms with van der Waals surface area (Å²) in [7, 11) is 0. The Morgan fingerprint density at radius 3 is 1.62 bits per heavy atom. The first-order valence-electron chi connectivity index (χ1n) is 30.2. The van der Waals surface area contributed by atoms with Crippen molar-refractivity contribution in [3.8, 4) is 0 Å². The molecule has 5 aliphatic heterocycles. The van der Waals surface area contributed by atoms with Gasteiger partial charge in [0, 0.05) is 0 Å². The van der Waals surface area contributed by atoms with E-state index in [4.69, 9.17) is 47.4 Å². The van der Waals surface area contributed by atoms with Crippen molar-refractivity contribution in [3.05, 3.63) is 11.6 Å². The zero-order valence-electron chi connectivity index (χ0n) is 49.5. The van der Waals surface area contributed by atoms with E-state index in [2.05, 4.69) is 40.7 Å². The van der Waals surface area contributed by atoms with Crippen LogP contribution in [-0.4, -0.2) is 274 Å². The molecule has 33 atom stereocenters. The van der Waals surface area contributed by atoms with Gasteiger partial charge in [-0.2, -0.15) is 0 Å². The van der Waals surface area contributed by atoms with Gasteiger partial charge in [0.15, 0.2) is 31.5 Å². The Balaban J connectivity index is 0.934. The van der Waals surface area contributed by atoms with Gasteiger partial charge < -0.3 is 129 Å². The summed E-state index contributed by atoms with van der Waals surface area (Å²) in [5.41, 5.74) is -1.75. The lowest BCUT2D eigenvalue weighted by Crippen LogP contribution is -2.68. The van der Waals surface area contributed by atoms with E-state index < -0.39 is 196 Å². The summed E-state index contributed by atoms with van der Waals surface area (Å²) in [6.45, 7) is 14.3. The number of ether oxygens (including phenoxy) is 10. The van der Waals surface area contributed by atoms with Crippen LogP contribution in [0.5, 0.6) is 0 Å². The van der Waals surface area contributed by atoms with Crippen LogP contribution in [-0.2, 0) is 47.4 Å². The highest BCUT2D eigenvalue weighted by Crippen LogP contribution is 2.76. The summed E-state index contributed by atoms with van der Waals surface area (Å²) in [6.07, 6.45) is -30.9. The van der Waals surface area contributed by atoms with Crippen molar-refractivity contribution in [2.24, 2.45) is 45.3 Å². The van der Waals surface area contributed by atoms with Crippen LogP contribution in [0.25, 0.3) is 0 Å². The third-order valence-corrected chi connectivity index (χ3v) is 22.2. The molecule has 0 unspecified atom stereocenters. The Bertz CT molecular complexity index is 2210. The van der Waals surface area contributed by atoms with Gasteiger partial charge in [-0.25, -0.2) is 0 Å². The molecular formula is C58H98O26. The van der Waals surface area contributed by atoms with Crippen LogP contribution in [0.4, 0.5) is 0 Å². The van der Waals surface area contributed by atoms with Gasteiger partial charge in [0.05, 0.1) is 50.8 Å². The molecule has 9 rings (SSSR count). The summed E-state index contributed by atoms with van der Waals surface area (Å²) in [5.74, 6) is -0.576. The topological polar surface area (TPSA) is 416 Å². The average Bonchev–Trinajstić information content (AvgIpc) is 1.22. The fourth-order valence-corrected chi connectivity index (χ4v) is 17.2. The van der Waals surface area contributed by atoms with Crippen LogP contribution in [0, 0.1) is 45.3 Å². The number of hydrogen-bond acceptors (Lipinski definition) is 26. The summed E-state index contributed by atoms with van der Waals surface area (Å²) >= 11 is 0. The highest BCUT2D eigenvalue weighted by Gasteiger charge is 2.72. The average molecular weight is 1210 g/mol. The normalized spacial score (nSPS) is 53.0. The SMILES string of the molecule is CC(C)=CCC[C@@](C)(O[C@@H]1O[C@H](CO[C@@H]2OC[C@@H](O)[C@H](O)[C@H]2O)[C@@H](O)[C@H](O)[C@H]1O)[C@H]1CC[C@]2(C)[C@@H]1[C@H](O)C[C@@H]1[C@@]3(C)CC[C@@H](O[C@@H]4O[C@H](CO)[C@@H](O)[C@H](O)[C@H]4O[C@@H]4O[C@H](CO)[C@@H](O)[C@H](O)[C@H]4O[C@@H]4OC[C@@H](O)[C@H](O)[C@H]4O)C(C)(C)[C@H]3CC[C@]12C. The molecule has 0 radical (unpaired) electrons. The first-order chi connectivity index (χ1) is 39.4. The van der Waals surface area contributed by atoms with Crippen LogP contribution in [0.2, 0.25) is 0 Å². The van der Waals surface area contributed by atoms with Crippen LogP contribution < -0.4 is 0 Å². The summed E-state index contributed by atoms with van der Waals surface area (Å²) in [6, 6.07) is 0. The maximum absolute atomic E-state index is 12.9. The smallest absolute Gasteiger partial charge is 0.187 e. The van der Waals surface area contributed by atoms with Gasteiger partial charge in [-0.05, 0) is 124 Å². The predicted octanol–water partition coefficient (Wildman–Crippen LogP) is -3.10. The fourth-order valence-electron chi connectivity index (χ4n) is 17.2. The first-order valence-corrected chi connectivity index (χ1v) is 30.2. The molecule has 84 heavy (non-hydrogen) atoms. The molecule has 5 heterocycles. The predicted molar refractivity (Wildman–Crippen MR) is 287 cm³/mol. The van der Waals surface area contributed by atoms with Crippen LogP contribution in [0.15, 0.2) is 11.6 Å². The lowest BCUT2D eigenvalue weighted by Gasteiger charge is -2.71. The lowest BCUT2D eigenvalue weighted by molar-refractivity contribution is -0.395. The molecule has 26 nitrogen and oxygen atoms in total. The largest absolute Gasteiger partial charge is 0.394 e. The van der Waals surface area contributed by atoms with Gasteiger partial charge in [-0.15, -0.1) is 0 Å². The van der Waals surface area contributed by atoms with Gasteiger partial charge in [-0.1, -0.05) is 46.3 Å². The minimum atomic E-state index is -1.88. The maximum Gasteiger partial charge on any atom is 0.187 e. The van der Waals surface area contributed by atoms with E-state index in [1.165, 1.54) is 0 Å². The molecule has 0 aromatic carbocycles. The van der Waals surface area contributed by atoms with Crippen LogP contribution >= 0.6 is 0 Å². The second-order valence-electron chi connectivity index (χ2n) is 27.7. The Morgan fingerprint density at radius 2 is 1.04 bits per heavy atom. The molecular weight excluding hydrogens is 1110 g/mol. The van der Waals surface area contributed by atoms with Crippen LogP contribution in [0.1, 0.15) is 113 Å². The quantitative estimate of drug-likeness (QED) is 0.0507. The molecule has 4 aliphatic carbocycles. The summed E-state index contributed by atoms with van der Waals surface area (Å²) < 4.78 is 60.9. The highest BCUT2D eigenvalue weighted by atomic mass is 16.8. The van der Waals surface area contributed by atoms with Gasteiger partial charge in [0.2, 0.25) is 0 Å². The number of allylic oxidation sites excluding steroid dienone is 2. The van der Waals surface area contributed by atoms with Crippen molar-refractivity contribution < 1.29 is 129 Å². The lowest BCUT2D eigenvalue weighted by atomic mass is 9.35. The van der Waals surface area contributed by atoms with Gasteiger partial charge >= 0.3 is 0 Å². The Morgan fingerprint density at radius 1 is 0.524 bits per heavy atom. The van der Waals surface area contributed by atoms with E-state index in [0.717, 1.165) is 24.8 Å². The third-order valence-electron chi connectivity index (χ3n) is 22.2. The third kappa shape index (κ3) is 12.0. The van der Waals surface area contributed by atoms with E-state index in [0.29, 0.717) is 38.5 Å². The summed E-state index contributed by atoms with van der Waals surface area (Å²) in [4.78, 5) is 0. The van der Waals surface area contributed by atoms with E-state index in [1.807, 2.05) is 20.8 Å². The molecule has 0 amide bonds. The molecule has 0 spiro atoms. The molecule has 16 N–H and O–H groups in total. The summed E-state index contributed by atoms with van der Waals surface area (Å²) in [5, 5.41) is 175. The Labute approximate surface area is 490 Å². The maximum atomic E-state index is 12.9. The minimum absolute atomic E-state index is 0.00387. The molecule has 0 bridgehead atoms. The number of rotatable bonds is 17. The molecule has 26 heteroatoms. The second-order valence-corrected chi connectivity index (χ2v) is 27.7. The number of aliphatic hydroxyl groups excluding tert-OH is 16. The zero-order chi connectivity index (χ0) is 61.5. The fraction of sp³-hybridized carbons (Fsp3) is 0.966. The standard InChI is InChI=1S/C58H98O26/c1-24(2)10-9-14-58(8,84-51-46(74)41(69)40(68)31(80-51)23-77-49-44(72)36(64)27(62)21-75-49)25-11-16-57(7)35(25)26(61)18-33-55(5)15-13-34(54(3,4)32(55)12-17-56(33,57)6)81-52-47(42(70)38(66)29(19-59)78-52)83-53-48(43(71)39(67)30(20-60)79-53)82-50-45(73)37(65)28(63)22-76-50/h10,25-53,59-74H,9,11-23H2,1-8H3/t25-,26+,27+,28+,29+,30+,31+,32+,33+,34+,35-,36-,37-,38+,39+,40+,41-,42-,43-,44+,45+,46+,47+,48+,49-,50-,51-,52-,53-,55-,56+,57+,58+/m0/s1. The molecule has 0 aromatic heterocycles. The molecule has 9 fully saturated rings. The minimum Gasteiger partial charge on any atom is -0.394 e. The zero-order valence-corrected chi connectivity index (χ0v) is 49.5. The monoisotopic (exact) mass is 1210 g/mol. The van der Waals surface area contributed by atoms with Crippen molar-refractivity contribution >= 4 is 0 Å². The van der Waals surface area contributed by atoms with Crippen molar-refractivity contribution in [2.45, 2.75) is 272 Å². The highest BCUT2D eigenvalue weighted by molar-refractivity contribution is 5.21. The number of aliphatic hydroxyl groups is 16. The van der Waals surface area contributed by atoms with Crippen molar-refractivity contribution in [3.63, 3.8) is 0 Å². The number of fused-ring (bicyclic) bond motifs is 5. The van der Waals surface area contributed by atoms with E-state index in [-0.39, 0.29) is 41.1 Å². The number of hydrogen-bond donors (Lipinski definition) is 16. The van der Waals surface area contributed by atoms with E-state index in [9.17, 15) is 81.7 Å². The van der Waals surface area contributed by atoms with Gasteiger partial charge in [-0.3, -0.25) is 0 Å². The Kier molecular flexibility index (Phi) is 20.6. The molecule has 4 saturated carbocycles. The van der Waals surface area contributed by atoms with Crippen molar-refractivity contribution in [1.29, 1.82) is 0 Å². The molecule has 9 aliphatic rings. The second kappa shape index (κ2) is 25.8. The first kappa shape index (κ1) is 67.1. The molecule has 5 saturated heterocycles. The van der Waals surface area contributed by atoms with Crippen molar-refractivity contribution in [2.75, 3.05) is 33.0 Å². The van der Waals surface area contributed by atoms with Crippen molar-refractivity contribution in [1.82, 2.24) is 0 Å². The van der Waals surface area contributed by atoms with E-state index >= 15 is 0 Å². The molecule has 486 valence electrons. The van der Waals surface area contributed by atoms with Gasteiger partial charge in [0.1, 0.15) is 110 Å².